The van der Waals surface area contributed by atoms with Crippen LogP contribution in [0.2, 0.25) is 0 Å². The number of hydrogen-bond acceptors (Lipinski definition) is 3. The average molecular weight is 424 g/mol. The van der Waals surface area contributed by atoms with Crippen molar-refractivity contribution in [2.45, 2.75) is 39.2 Å². The second kappa shape index (κ2) is 8.49. The number of amides is 1. The first kappa shape index (κ1) is 21.0. The molecule has 1 atom stereocenters. The number of pyridine rings is 1. The van der Waals surface area contributed by atoms with Crippen molar-refractivity contribution in [1.82, 2.24) is 9.99 Å². The number of carbonyl (C=O) groups is 1. The smallest absolute Gasteiger partial charge is 0.279 e. The zero-order valence-corrected chi connectivity index (χ0v) is 17.5. The van der Waals surface area contributed by atoms with E-state index in [1.165, 1.54) is 28.9 Å². The van der Waals surface area contributed by atoms with Gasteiger partial charge in [-0.05, 0) is 56.4 Å². The Morgan fingerprint density at radius 3 is 2.58 bits per heavy atom. The van der Waals surface area contributed by atoms with Gasteiger partial charge in [0, 0.05) is 11.9 Å². The number of nitrogens with zero attached hydrogens (tertiary/aromatic N) is 1. The molecule has 1 heterocycles. The zero-order chi connectivity index (χ0) is 22.1. The SMILES string of the molecule is CCNn1c(C)c([11C](=O)N[C@H](c2cccc(F)c2)C2CCC2)c2cccc(F)c2c1=O. The van der Waals surface area contributed by atoms with Crippen molar-refractivity contribution in [3.05, 3.63) is 81.3 Å². The zero-order valence-electron chi connectivity index (χ0n) is 17.5. The molecule has 0 bridgehead atoms. The van der Waals surface area contributed by atoms with Crippen LogP contribution >= 0.6 is 0 Å². The van der Waals surface area contributed by atoms with Crippen molar-refractivity contribution in [2.75, 3.05) is 12.0 Å². The quantitative estimate of drug-likeness (QED) is 0.616. The number of nitrogens with one attached hydrogen (secondary N) is 2. The van der Waals surface area contributed by atoms with Crippen molar-refractivity contribution >= 4 is 16.7 Å². The van der Waals surface area contributed by atoms with E-state index in [1.54, 1.807) is 25.1 Å². The number of halogens is 2. The van der Waals surface area contributed by atoms with Crippen molar-refractivity contribution < 1.29 is 13.6 Å². The van der Waals surface area contributed by atoms with Crippen LogP contribution in [0.15, 0.2) is 47.3 Å². The summed E-state index contributed by atoms with van der Waals surface area (Å²) in [7, 11) is 0. The standard InChI is InChI=1S/C24H25F2N3O2/c1-3-27-29-14(2)20(18-11-6-12-19(26)21(18)24(29)31)23(30)28-22(15-7-4-8-15)16-9-5-10-17(25)13-16/h5-6,9-13,15,22,27H,3-4,7-8H2,1-2H3,(H,28,30)/t22-/m0/s1/i23-1. The van der Waals surface area contributed by atoms with Crippen LogP contribution in [-0.4, -0.2) is 17.1 Å². The molecule has 0 unspecified atom stereocenters. The molecule has 5 nitrogen and oxygen atoms in total. The van der Waals surface area contributed by atoms with Gasteiger partial charge in [0.15, 0.2) is 0 Å². The maximum absolute atomic E-state index is 14.6. The van der Waals surface area contributed by atoms with Crippen molar-refractivity contribution in [1.29, 1.82) is 0 Å². The second-order valence-electron chi connectivity index (χ2n) is 7.97. The third kappa shape index (κ3) is 3.80. The Bertz CT molecular complexity index is 1200. The highest BCUT2D eigenvalue weighted by atomic mass is 19.1. The van der Waals surface area contributed by atoms with Gasteiger partial charge in [0.1, 0.15) is 11.6 Å². The van der Waals surface area contributed by atoms with Crippen LogP contribution in [0, 0.1) is 24.5 Å². The molecule has 7 heteroatoms. The Morgan fingerprint density at radius 1 is 1.19 bits per heavy atom. The molecule has 1 fully saturated rings. The molecule has 4 rings (SSSR count). The summed E-state index contributed by atoms with van der Waals surface area (Å²) in [6, 6.07) is 10.2. The summed E-state index contributed by atoms with van der Waals surface area (Å²) in [5.41, 5.74) is 3.70. The van der Waals surface area contributed by atoms with Crippen LogP contribution < -0.4 is 16.3 Å². The maximum Gasteiger partial charge on any atom is 0.279 e. The first-order valence-corrected chi connectivity index (χ1v) is 10.6. The van der Waals surface area contributed by atoms with Crippen LogP contribution in [0.5, 0.6) is 0 Å². The fourth-order valence-corrected chi connectivity index (χ4v) is 4.32. The number of hydrogen-bond donors (Lipinski definition) is 2. The number of fused-ring (bicyclic) bond motifs is 1. The van der Waals surface area contributed by atoms with E-state index in [0.717, 1.165) is 19.3 Å². The van der Waals surface area contributed by atoms with Gasteiger partial charge in [0.2, 0.25) is 0 Å². The lowest BCUT2D eigenvalue weighted by molar-refractivity contribution is 0.0900. The number of rotatable bonds is 6. The number of aromatic nitrogens is 1. The molecular formula is C24H25F2N3O2. The first-order chi connectivity index (χ1) is 14.9. The Kier molecular flexibility index (Phi) is 5.76. The molecule has 3 aromatic rings. The molecule has 2 N–H and O–H groups in total. The molecule has 162 valence electrons. The van der Waals surface area contributed by atoms with E-state index in [1.807, 2.05) is 6.92 Å². The molecule has 1 aromatic heterocycles. The molecule has 0 spiro atoms. The number of carbonyl (C=O) groups excluding carboxylic acids is 1. The summed E-state index contributed by atoms with van der Waals surface area (Å²) in [4.78, 5) is 26.4. The van der Waals surface area contributed by atoms with Gasteiger partial charge in [0.05, 0.1) is 22.7 Å². The molecule has 31 heavy (non-hydrogen) atoms. The van der Waals surface area contributed by atoms with Gasteiger partial charge in [-0.3, -0.25) is 9.59 Å². The van der Waals surface area contributed by atoms with E-state index in [0.29, 0.717) is 17.8 Å². The predicted octanol–water partition coefficient (Wildman–Crippen LogP) is 4.42. The van der Waals surface area contributed by atoms with Crippen LogP contribution in [0.3, 0.4) is 0 Å². The van der Waals surface area contributed by atoms with E-state index in [4.69, 9.17) is 0 Å². The molecule has 1 aliphatic rings. The molecule has 2 aromatic carbocycles. The Morgan fingerprint density at radius 2 is 1.94 bits per heavy atom. The van der Waals surface area contributed by atoms with E-state index < -0.39 is 17.3 Å². The van der Waals surface area contributed by atoms with Crippen LogP contribution in [0.25, 0.3) is 10.8 Å². The monoisotopic (exact) mass is 424 g/mol. The highest BCUT2D eigenvalue weighted by Gasteiger charge is 2.31. The minimum atomic E-state index is -0.677. The third-order valence-electron chi connectivity index (χ3n) is 6.06. The topological polar surface area (TPSA) is 63.1 Å². The van der Waals surface area contributed by atoms with Crippen LogP contribution in [0.4, 0.5) is 8.78 Å². The van der Waals surface area contributed by atoms with Crippen LogP contribution in [0.1, 0.15) is 53.8 Å². The minimum absolute atomic E-state index is 0.134. The van der Waals surface area contributed by atoms with Gasteiger partial charge in [-0.25, -0.2) is 13.5 Å². The van der Waals surface area contributed by atoms with Crippen molar-refractivity contribution in [2.24, 2.45) is 5.92 Å². The number of benzene rings is 2. The summed E-state index contributed by atoms with van der Waals surface area (Å²) in [5.74, 6) is -1.25. The van der Waals surface area contributed by atoms with Gasteiger partial charge in [0.25, 0.3) is 11.5 Å². The maximum atomic E-state index is 14.6. The van der Waals surface area contributed by atoms with Gasteiger partial charge in [-0.2, -0.15) is 0 Å². The van der Waals surface area contributed by atoms with Gasteiger partial charge >= 0.3 is 0 Å². The van der Waals surface area contributed by atoms with E-state index >= 15 is 0 Å². The first-order valence-electron chi connectivity index (χ1n) is 10.6. The molecule has 0 aliphatic heterocycles. The molecular weight excluding hydrogens is 399 g/mol. The highest BCUT2D eigenvalue weighted by Crippen LogP contribution is 2.38. The van der Waals surface area contributed by atoms with E-state index in [9.17, 15) is 18.4 Å². The largest absolute Gasteiger partial charge is 0.345 e. The summed E-state index contributed by atoms with van der Waals surface area (Å²) < 4.78 is 29.7. The van der Waals surface area contributed by atoms with E-state index in [-0.39, 0.29) is 34.1 Å². The highest BCUT2D eigenvalue weighted by molar-refractivity contribution is 6.08. The predicted molar refractivity (Wildman–Crippen MR) is 117 cm³/mol. The fourth-order valence-electron chi connectivity index (χ4n) is 4.32. The van der Waals surface area contributed by atoms with Gasteiger partial charge in [-0.15, -0.1) is 0 Å². The van der Waals surface area contributed by atoms with Crippen LogP contribution in [-0.2, 0) is 0 Å². The lowest BCUT2D eigenvalue weighted by atomic mass is 9.74. The molecule has 1 aliphatic carbocycles. The van der Waals surface area contributed by atoms with Gasteiger partial charge < -0.3 is 10.7 Å². The Hall–Kier alpha value is -3.22. The summed E-state index contributed by atoms with van der Waals surface area (Å²) in [6.45, 7) is 3.90. The average Bonchev–Trinajstić information content (AvgIpc) is 2.69. The third-order valence-corrected chi connectivity index (χ3v) is 6.06. The lowest BCUT2D eigenvalue weighted by Crippen LogP contribution is -2.39. The Labute approximate surface area is 179 Å². The lowest BCUT2D eigenvalue weighted by Gasteiger charge is -2.35. The minimum Gasteiger partial charge on any atom is -0.345 e. The summed E-state index contributed by atoms with van der Waals surface area (Å²) >= 11 is 0. The van der Waals surface area contributed by atoms with Crippen molar-refractivity contribution in [3.63, 3.8) is 0 Å². The fraction of sp³-hybridized carbons (Fsp3) is 0.333. The van der Waals surface area contributed by atoms with Crippen molar-refractivity contribution in [3.8, 4) is 0 Å². The summed E-state index contributed by atoms with van der Waals surface area (Å²) in [5, 5.41) is 3.18. The Balaban J connectivity index is 1.83. The van der Waals surface area contributed by atoms with E-state index in [2.05, 4.69) is 10.7 Å². The molecule has 1 amide bonds. The summed E-state index contributed by atoms with van der Waals surface area (Å²) in [6.07, 6.45) is 2.93. The molecule has 0 radical (unpaired) electrons. The molecule has 0 saturated heterocycles. The van der Waals surface area contributed by atoms with Gasteiger partial charge in [-0.1, -0.05) is 30.7 Å². The second-order valence-corrected chi connectivity index (χ2v) is 7.97. The molecule has 1 saturated carbocycles. The normalized spacial score (nSPS) is 14.8.